The van der Waals surface area contributed by atoms with Gasteiger partial charge in [-0.15, -0.1) is 0 Å². The second kappa shape index (κ2) is 14.9. The lowest BCUT2D eigenvalue weighted by atomic mass is 9.99. The molecule has 3 amide bonds. The van der Waals surface area contributed by atoms with Crippen LogP contribution in [0.4, 0.5) is 0 Å². The first-order valence-corrected chi connectivity index (χ1v) is 15.5. The number of allylic oxidation sites excluding steroid dienone is 2. The van der Waals surface area contributed by atoms with E-state index < -0.39 is 35.9 Å². The molecular weight excluding hydrogens is 572 g/mol. The fourth-order valence-corrected chi connectivity index (χ4v) is 5.74. The molecule has 3 aromatic rings. The lowest BCUT2D eigenvalue weighted by Gasteiger charge is -2.31. The van der Waals surface area contributed by atoms with Gasteiger partial charge in [0.1, 0.15) is 17.8 Å². The number of nitrogens with zero attached hydrogens (tertiary/aromatic N) is 1. The zero-order valence-corrected chi connectivity index (χ0v) is 26.6. The number of hydrogen-bond donors (Lipinski definition) is 4. The third-order valence-corrected chi connectivity index (χ3v) is 8.39. The molecule has 0 saturated heterocycles. The van der Waals surface area contributed by atoms with Gasteiger partial charge in [-0.05, 0) is 69.4 Å². The number of hydrogen-bond acceptors (Lipinski definition) is 6. The third kappa shape index (κ3) is 8.74. The van der Waals surface area contributed by atoms with Crippen LogP contribution in [0.1, 0.15) is 70.5 Å². The molecule has 1 aliphatic rings. The van der Waals surface area contributed by atoms with Crippen LogP contribution in [-0.4, -0.2) is 63.9 Å². The van der Waals surface area contributed by atoms with Crippen LogP contribution in [0.3, 0.4) is 0 Å². The number of carbonyl (C=O) groups is 4. The van der Waals surface area contributed by atoms with E-state index in [4.69, 9.17) is 4.74 Å². The number of ether oxygens (including phenoxy) is 1. The Morgan fingerprint density at radius 3 is 2.38 bits per heavy atom. The van der Waals surface area contributed by atoms with E-state index in [-0.39, 0.29) is 36.5 Å². The fraction of sp³-hybridized carbons (Fsp3) is 0.429. The van der Waals surface area contributed by atoms with E-state index in [9.17, 15) is 24.3 Å². The normalized spacial score (nSPS) is 26.1. The Kier molecular flexibility index (Phi) is 11.0. The predicted molar refractivity (Wildman–Crippen MR) is 172 cm³/mol. The zero-order chi connectivity index (χ0) is 32.7. The number of esters is 1. The van der Waals surface area contributed by atoms with Crippen molar-refractivity contribution in [2.75, 3.05) is 7.05 Å². The van der Waals surface area contributed by atoms with Gasteiger partial charge in [-0.3, -0.25) is 19.2 Å². The number of rotatable bonds is 3. The number of amides is 3. The molecule has 4 N–H and O–H groups in total. The maximum absolute atomic E-state index is 14.1. The lowest BCUT2D eigenvalue weighted by Crippen LogP contribution is -2.55. The van der Waals surface area contributed by atoms with Crippen molar-refractivity contribution in [2.45, 2.75) is 84.0 Å². The quantitative estimate of drug-likeness (QED) is 0.249. The molecule has 5 atom stereocenters. The molecule has 10 nitrogen and oxygen atoms in total. The van der Waals surface area contributed by atoms with Gasteiger partial charge >= 0.3 is 5.97 Å². The van der Waals surface area contributed by atoms with Crippen LogP contribution in [0.25, 0.3) is 10.9 Å². The minimum absolute atomic E-state index is 0.0497. The number of cyclic esters (lactones) is 1. The maximum atomic E-state index is 14.1. The molecule has 0 aliphatic carbocycles. The minimum Gasteiger partial charge on any atom is -0.508 e. The van der Waals surface area contributed by atoms with Crippen LogP contribution in [-0.2, 0) is 30.3 Å². The number of para-hydroxylation sites is 1. The van der Waals surface area contributed by atoms with Crippen LogP contribution in [0.15, 0.2) is 66.4 Å². The molecule has 0 bridgehead atoms. The summed E-state index contributed by atoms with van der Waals surface area (Å²) in [6, 6.07) is 11.3. The van der Waals surface area contributed by atoms with E-state index in [1.807, 2.05) is 57.3 Å². The number of benzene rings is 2. The molecule has 240 valence electrons. The molecule has 10 heteroatoms. The van der Waals surface area contributed by atoms with E-state index in [1.165, 1.54) is 17.0 Å². The zero-order valence-electron chi connectivity index (χ0n) is 26.6. The topological polar surface area (TPSA) is 141 Å². The van der Waals surface area contributed by atoms with Crippen LogP contribution in [0.5, 0.6) is 5.75 Å². The van der Waals surface area contributed by atoms with Crippen molar-refractivity contribution in [2.24, 2.45) is 5.92 Å². The summed E-state index contributed by atoms with van der Waals surface area (Å²) >= 11 is 0. The first kappa shape index (κ1) is 33.3. The van der Waals surface area contributed by atoms with Crippen molar-refractivity contribution in [3.05, 3.63) is 77.5 Å². The molecular formula is C35H44N4O6. The van der Waals surface area contributed by atoms with Crippen molar-refractivity contribution in [1.29, 1.82) is 0 Å². The Bertz CT molecular complexity index is 1540. The molecule has 0 spiro atoms. The Morgan fingerprint density at radius 2 is 1.64 bits per heavy atom. The highest BCUT2D eigenvalue weighted by molar-refractivity contribution is 5.93. The molecule has 0 saturated carbocycles. The van der Waals surface area contributed by atoms with Crippen molar-refractivity contribution in [3.8, 4) is 5.75 Å². The molecule has 0 unspecified atom stereocenters. The minimum atomic E-state index is -0.977. The average Bonchev–Trinajstić information content (AvgIpc) is 3.41. The number of phenolic OH excluding ortho intramolecular Hbond substituents is 1. The fourth-order valence-electron chi connectivity index (χ4n) is 5.74. The van der Waals surface area contributed by atoms with Gasteiger partial charge in [0.05, 0.1) is 18.6 Å². The predicted octanol–water partition coefficient (Wildman–Crippen LogP) is 4.69. The van der Waals surface area contributed by atoms with Crippen LogP contribution >= 0.6 is 0 Å². The second-order valence-electron chi connectivity index (χ2n) is 12.1. The summed E-state index contributed by atoms with van der Waals surface area (Å²) < 4.78 is 5.71. The third-order valence-electron chi connectivity index (χ3n) is 8.39. The van der Waals surface area contributed by atoms with E-state index in [0.29, 0.717) is 24.8 Å². The first-order chi connectivity index (χ1) is 21.4. The monoisotopic (exact) mass is 616 g/mol. The Hall–Kier alpha value is -4.60. The molecule has 0 radical (unpaired) electrons. The number of aromatic nitrogens is 1. The lowest BCUT2D eigenvalue weighted by molar-refractivity contribution is -0.149. The van der Waals surface area contributed by atoms with Crippen molar-refractivity contribution < 1.29 is 29.0 Å². The number of fused-ring (bicyclic) bond motifs is 1. The number of carbonyl (C=O) groups excluding carboxylic acids is 4. The first-order valence-electron chi connectivity index (χ1n) is 15.5. The number of phenols is 1. The number of nitrogens with one attached hydrogen (secondary N) is 3. The van der Waals surface area contributed by atoms with Crippen molar-refractivity contribution >= 4 is 34.6 Å². The number of H-pyrrole nitrogens is 1. The summed E-state index contributed by atoms with van der Waals surface area (Å²) in [5, 5.41) is 16.6. The van der Waals surface area contributed by atoms with Gasteiger partial charge in [0.2, 0.25) is 17.7 Å². The second-order valence-corrected chi connectivity index (χ2v) is 12.1. The van der Waals surface area contributed by atoms with Crippen molar-refractivity contribution in [3.63, 3.8) is 0 Å². The summed E-state index contributed by atoms with van der Waals surface area (Å²) in [7, 11) is 1.55. The highest BCUT2D eigenvalue weighted by Gasteiger charge is 2.33. The summed E-state index contributed by atoms with van der Waals surface area (Å²) in [5.74, 6) is -1.93. The van der Waals surface area contributed by atoms with Gasteiger partial charge in [0, 0.05) is 36.5 Å². The highest BCUT2D eigenvalue weighted by atomic mass is 16.5. The van der Waals surface area contributed by atoms with Crippen LogP contribution < -0.4 is 10.6 Å². The molecule has 1 aromatic heterocycles. The number of aromatic amines is 1. The standard InChI is InChI=1S/C35H44N4O6/c1-21-9-8-10-23(3)45-32(41)19-30(25-13-15-27(40)16-14-25)38-34(43)31(18-26-20-36-29-12-7-6-11-28(26)29)39(5)35(44)24(4)37-33(42)22(2)17-21/h6-7,9,11-16,20,22-24,30-31,36,40H,8,10,17-19H2,1-5H3,(H,37,42)(H,38,43)/b21-9+/t22-,23-,24-,30+,31+/m0/s1. The summed E-state index contributed by atoms with van der Waals surface area (Å²) in [5.41, 5.74) is 3.37. The van der Waals surface area contributed by atoms with Gasteiger partial charge in [-0.1, -0.05) is 48.9 Å². The molecule has 2 aromatic carbocycles. The van der Waals surface area contributed by atoms with Gasteiger partial charge in [-0.2, -0.15) is 0 Å². The maximum Gasteiger partial charge on any atom is 0.308 e. The molecule has 45 heavy (non-hydrogen) atoms. The van der Waals surface area contributed by atoms with E-state index in [1.54, 1.807) is 26.1 Å². The molecule has 1 aliphatic heterocycles. The van der Waals surface area contributed by atoms with E-state index in [0.717, 1.165) is 22.0 Å². The van der Waals surface area contributed by atoms with Gasteiger partial charge in [0.25, 0.3) is 0 Å². The smallest absolute Gasteiger partial charge is 0.308 e. The van der Waals surface area contributed by atoms with Gasteiger partial charge in [0.15, 0.2) is 0 Å². The van der Waals surface area contributed by atoms with Gasteiger partial charge < -0.3 is 30.4 Å². The Balaban J connectivity index is 1.70. The van der Waals surface area contributed by atoms with Crippen LogP contribution in [0, 0.1) is 5.92 Å². The largest absolute Gasteiger partial charge is 0.508 e. The Labute approximate surface area is 264 Å². The van der Waals surface area contributed by atoms with E-state index >= 15 is 0 Å². The summed E-state index contributed by atoms with van der Waals surface area (Å²) in [6.45, 7) is 7.22. The van der Waals surface area contributed by atoms with Gasteiger partial charge in [-0.25, -0.2) is 0 Å². The van der Waals surface area contributed by atoms with Crippen molar-refractivity contribution in [1.82, 2.24) is 20.5 Å². The average molecular weight is 617 g/mol. The molecule has 4 rings (SSSR count). The van der Waals surface area contributed by atoms with E-state index in [2.05, 4.69) is 15.6 Å². The summed E-state index contributed by atoms with van der Waals surface area (Å²) in [6.07, 6.45) is 5.34. The number of likely N-dealkylation sites (N-methyl/N-ethyl adjacent to an activating group) is 1. The highest BCUT2D eigenvalue weighted by Crippen LogP contribution is 2.25. The Morgan fingerprint density at radius 1 is 0.933 bits per heavy atom. The SMILES string of the molecule is C/C1=C\CC[C@H](C)OC(=O)C[C@H](c2ccc(O)cc2)NC(=O)[C@@H](Cc2c[nH]c3ccccc23)N(C)C(=O)[C@H](C)NC(=O)[C@@H](C)C1. The summed E-state index contributed by atoms with van der Waals surface area (Å²) in [4.78, 5) is 58.6. The number of aromatic hydroxyl groups is 1. The van der Waals surface area contributed by atoms with Crippen LogP contribution in [0.2, 0.25) is 0 Å². The molecule has 2 heterocycles. The molecule has 0 fully saturated rings.